The number of rotatable bonds is 5. The van der Waals surface area contributed by atoms with Gasteiger partial charge in [-0.15, -0.1) is 0 Å². The molecular formula is C11H11N7O2. The number of aromatic nitrogens is 6. The Kier molecular flexibility index (Phi) is 3.23. The first-order chi connectivity index (χ1) is 9.85. The second-order valence-electron chi connectivity index (χ2n) is 3.70. The van der Waals surface area contributed by atoms with E-state index in [1.807, 2.05) is 0 Å². The van der Waals surface area contributed by atoms with Gasteiger partial charge in [-0.2, -0.15) is 24.7 Å². The van der Waals surface area contributed by atoms with Crippen molar-refractivity contribution in [2.75, 3.05) is 12.4 Å². The minimum atomic E-state index is 0.172. The zero-order valence-electron chi connectivity index (χ0n) is 10.6. The van der Waals surface area contributed by atoms with E-state index < -0.39 is 0 Å². The van der Waals surface area contributed by atoms with Crippen molar-refractivity contribution >= 4 is 5.95 Å². The van der Waals surface area contributed by atoms with E-state index in [0.717, 1.165) is 0 Å². The van der Waals surface area contributed by atoms with E-state index in [2.05, 4.69) is 30.4 Å². The van der Waals surface area contributed by atoms with Crippen molar-refractivity contribution in [1.29, 1.82) is 0 Å². The van der Waals surface area contributed by atoms with E-state index in [9.17, 15) is 0 Å². The molecule has 0 aromatic carbocycles. The Morgan fingerprint density at radius 2 is 2.30 bits per heavy atom. The van der Waals surface area contributed by atoms with Gasteiger partial charge in [-0.25, -0.2) is 4.98 Å². The van der Waals surface area contributed by atoms with E-state index >= 15 is 0 Å². The van der Waals surface area contributed by atoms with Crippen molar-refractivity contribution in [3.8, 4) is 12.0 Å². The van der Waals surface area contributed by atoms with Crippen LogP contribution in [-0.2, 0) is 6.61 Å². The van der Waals surface area contributed by atoms with Gasteiger partial charge in [-0.1, -0.05) is 0 Å². The third-order valence-corrected chi connectivity index (χ3v) is 2.37. The van der Waals surface area contributed by atoms with Crippen LogP contribution >= 0.6 is 0 Å². The molecule has 1 N–H and O–H groups in total. The minimum absolute atomic E-state index is 0.172. The number of hydrogen-bond acceptors (Lipinski definition) is 8. The smallest absolute Gasteiger partial charge is 0.323 e. The fourth-order valence-electron chi connectivity index (χ4n) is 1.47. The van der Waals surface area contributed by atoms with Gasteiger partial charge in [0.1, 0.15) is 25.0 Å². The van der Waals surface area contributed by atoms with Gasteiger partial charge in [-0.05, 0) is 12.1 Å². The highest BCUT2D eigenvalue weighted by Crippen LogP contribution is 2.12. The molecule has 0 unspecified atom stereocenters. The van der Waals surface area contributed by atoms with Crippen molar-refractivity contribution < 1.29 is 9.15 Å². The van der Waals surface area contributed by atoms with Crippen molar-refractivity contribution in [2.24, 2.45) is 0 Å². The molecule has 0 fully saturated rings. The van der Waals surface area contributed by atoms with Gasteiger partial charge < -0.3 is 14.5 Å². The lowest BCUT2D eigenvalue weighted by Gasteiger charge is -2.06. The van der Waals surface area contributed by atoms with Crippen LogP contribution in [-0.4, -0.2) is 36.8 Å². The SMILES string of the molecule is CNc1nc(OCc2ccco2)nc(-n2cncn2)n1. The quantitative estimate of drug-likeness (QED) is 0.723. The van der Waals surface area contributed by atoms with Crippen LogP contribution in [0.2, 0.25) is 0 Å². The van der Waals surface area contributed by atoms with Gasteiger partial charge >= 0.3 is 6.01 Å². The standard InChI is InChI=1S/C11H11N7O2/c1-12-9-15-10(18-7-13-6-14-18)17-11(16-9)20-5-8-3-2-4-19-8/h2-4,6-7H,5H2,1H3,(H,12,15,16,17). The molecule has 0 radical (unpaired) electrons. The molecule has 3 aromatic heterocycles. The van der Waals surface area contributed by atoms with E-state index in [4.69, 9.17) is 9.15 Å². The summed E-state index contributed by atoms with van der Waals surface area (Å²) in [6, 6.07) is 3.76. The molecule has 0 spiro atoms. The molecule has 3 aromatic rings. The molecule has 0 saturated heterocycles. The topological polar surface area (TPSA) is 104 Å². The molecular weight excluding hydrogens is 262 g/mol. The highest BCUT2D eigenvalue weighted by molar-refractivity contribution is 5.28. The molecule has 0 amide bonds. The van der Waals surface area contributed by atoms with Crippen LogP contribution in [0.4, 0.5) is 5.95 Å². The van der Waals surface area contributed by atoms with Crippen molar-refractivity contribution in [2.45, 2.75) is 6.61 Å². The normalized spacial score (nSPS) is 10.4. The van der Waals surface area contributed by atoms with E-state index in [1.165, 1.54) is 17.3 Å². The second kappa shape index (κ2) is 5.34. The summed E-state index contributed by atoms with van der Waals surface area (Å²) in [4.78, 5) is 16.3. The summed E-state index contributed by atoms with van der Waals surface area (Å²) in [5.74, 6) is 1.37. The lowest BCUT2D eigenvalue weighted by Crippen LogP contribution is -2.09. The van der Waals surface area contributed by atoms with Crippen molar-refractivity contribution in [1.82, 2.24) is 29.7 Å². The molecule has 3 rings (SSSR count). The van der Waals surface area contributed by atoms with Crippen LogP contribution in [0, 0.1) is 0 Å². The summed E-state index contributed by atoms with van der Waals surface area (Å²) in [7, 11) is 1.71. The molecule has 0 aliphatic carbocycles. The molecule has 20 heavy (non-hydrogen) atoms. The molecule has 3 heterocycles. The van der Waals surface area contributed by atoms with Crippen LogP contribution < -0.4 is 10.1 Å². The highest BCUT2D eigenvalue weighted by Gasteiger charge is 2.09. The minimum Gasteiger partial charge on any atom is -0.466 e. The van der Waals surface area contributed by atoms with E-state index in [0.29, 0.717) is 17.7 Å². The summed E-state index contributed by atoms with van der Waals surface area (Å²) < 4.78 is 12.1. The number of ether oxygens (including phenoxy) is 1. The number of nitrogens with one attached hydrogen (secondary N) is 1. The van der Waals surface area contributed by atoms with Crippen LogP contribution in [0.5, 0.6) is 6.01 Å². The van der Waals surface area contributed by atoms with Crippen LogP contribution in [0.1, 0.15) is 5.76 Å². The fourth-order valence-corrected chi connectivity index (χ4v) is 1.47. The first-order valence-corrected chi connectivity index (χ1v) is 5.79. The van der Waals surface area contributed by atoms with Crippen LogP contribution in [0.3, 0.4) is 0 Å². The average molecular weight is 273 g/mol. The van der Waals surface area contributed by atoms with Crippen LogP contribution in [0.15, 0.2) is 35.5 Å². The lowest BCUT2D eigenvalue weighted by molar-refractivity contribution is 0.249. The Labute approximate surface area is 113 Å². The highest BCUT2D eigenvalue weighted by atomic mass is 16.5. The average Bonchev–Trinajstić information content (AvgIpc) is 3.17. The monoisotopic (exact) mass is 273 g/mol. The number of nitrogens with zero attached hydrogens (tertiary/aromatic N) is 6. The molecule has 0 saturated carbocycles. The Morgan fingerprint density at radius 3 is 3.00 bits per heavy atom. The van der Waals surface area contributed by atoms with Gasteiger partial charge in [0.15, 0.2) is 0 Å². The first kappa shape index (κ1) is 12.1. The van der Waals surface area contributed by atoms with E-state index in [1.54, 1.807) is 25.4 Å². The summed E-state index contributed by atoms with van der Waals surface area (Å²) in [6.07, 6.45) is 4.46. The predicted molar refractivity (Wildman–Crippen MR) is 67.3 cm³/mol. The van der Waals surface area contributed by atoms with Crippen molar-refractivity contribution in [3.63, 3.8) is 0 Å². The molecule has 0 aliphatic heterocycles. The maximum Gasteiger partial charge on any atom is 0.323 e. The summed E-state index contributed by atoms with van der Waals surface area (Å²) in [6.45, 7) is 0.233. The molecule has 9 nitrogen and oxygen atoms in total. The Hall–Kier alpha value is -2.97. The van der Waals surface area contributed by atoms with Gasteiger partial charge in [0.05, 0.1) is 6.26 Å². The largest absolute Gasteiger partial charge is 0.466 e. The maximum atomic E-state index is 5.47. The molecule has 102 valence electrons. The van der Waals surface area contributed by atoms with Crippen LogP contribution in [0.25, 0.3) is 5.95 Å². The molecule has 0 aliphatic rings. The maximum absolute atomic E-state index is 5.47. The Balaban J connectivity index is 1.84. The van der Waals surface area contributed by atoms with Gasteiger partial charge in [0.25, 0.3) is 5.95 Å². The Bertz CT molecular complexity index is 666. The van der Waals surface area contributed by atoms with Gasteiger partial charge in [-0.3, -0.25) is 0 Å². The van der Waals surface area contributed by atoms with Gasteiger partial charge in [0.2, 0.25) is 5.95 Å². The number of anilines is 1. The van der Waals surface area contributed by atoms with E-state index in [-0.39, 0.29) is 12.6 Å². The summed E-state index contributed by atoms with van der Waals surface area (Å²) in [5.41, 5.74) is 0. The second-order valence-corrected chi connectivity index (χ2v) is 3.70. The zero-order valence-corrected chi connectivity index (χ0v) is 10.6. The third kappa shape index (κ3) is 2.55. The molecule has 9 heteroatoms. The van der Waals surface area contributed by atoms with Crippen molar-refractivity contribution in [3.05, 3.63) is 36.8 Å². The van der Waals surface area contributed by atoms with Gasteiger partial charge in [0, 0.05) is 7.05 Å². The number of furan rings is 1. The molecule has 0 bridgehead atoms. The zero-order chi connectivity index (χ0) is 13.8. The first-order valence-electron chi connectivity index (χ1n) is 5.79. The number of hydrogen-bond donors (Lipinski definition) is 1. The fraction of sp³-hybridized carbons (Fsp3) is 0.182. The molecule has 0 atom stereocenters. The Morgan fingerprint density at radius 1 is 1.35 bits per heavy atom. The predicted octanol–water partition coefficient (Wildman–Crippen LogP) is 0.666. The third-order valence-electron chi connectivity index (χ3n) is 2.37. The lowest BCUT2D eigenvalue weighted by atomic mass is 10.5. The summed E-state index contributed by atoms with van der Waals surface area (Å²) >= 11 is 0. The summed E-state index contributed by atoms with van der Waals surface area (Å²) in [5, 5.41) is 6.80.